The van der Waals surface area contributed by atoms with Crippen molar-refractivity contribution in [2.45, 2.75) is 77.5 Å². The fraction of sp³-hybridized carbons (Fsp3) is 0.447. The minimum atomic E-state index is -1.22. The zero-order chi connectivity index (χ0) is 39.0. The Balaban J connectivity index is 1.02. The summed E-state index contributed by atoms with van der Waals surface area (Å²) in [6.45, 7) is 8.50. The van der Waals surface area contributed by atoms with Gasteiger partial charge in [0.05, 0.1) is 49.2 Å². The summed E-state index contributed by atoms with van der Waals surface area (Å²) in [6, 6.07) is 5.75. The van der Waals surface area contributed by atoms with Crippen LogP contribution in [-0.2, 0) is 14.3 Å². The normalized spacial score (nSPS) is 18.3. The van der Waals surface area contributed by atoms with Gasteiger partial charge in [0, 0.05) is 24.8 Å². The number of H-pyrrole nitrogens is 2. The van der Waals surface area contributed by atoms with Crippen LogP contribution in [0.4, 0.5) is 9.59 Å². The predicted molar refractivity (Wildman–Crippen MR) is 199 cm³/mol. The molecule has 7 rings (SSSR count). The van der Waals surface area contributed by atoms with E-state index in [-0.39, 0.29) is 35.7 Å². The Morgan fingerprint density at radius 3 is 1.91 bits per heavy atom. The van der Waals surface area contributed by atoms with Crippen molar-refractivity contribution in [2.24, 2.45) is 11.8 Å². The lowest BCUT2D eigenvalue weighted by molar-refractivity contribution is -0.136. The third kappa shape index (κ3) is 7.50. The number of ether oxygens (including phenoxy) is 1. The summed E-state index contributed by atoms with van der Waals surface area (Å²) in [5.74, 6) is 1.61. The molecule has 2 fully saturated rings. The molecular formula is C38H46N10O7. The van der Waals surface area contributed by atoms with Gasteiger partial charge in [0.15, 0.2) is 5.76 Å². The first-order valence-electron chi connectivity index (χ1n) is 18.6. The number of carbonyl (C=O) groups excluding carboxylic acids is 3. The number of alkyl carbamates (subject to hydrolysis) is 1. The van der Waals surface area contributed by atoms with E-state index in [1.165, 1.54) is 7.11 Å². The van der Waals surface area contributed by atoms with Crippen LogP contribution in [0.3, 0.4) is 0 Å². The Kier molecular flexibility index (Phi) is 10.4. The molecule has 6 heterocycles. The quantitative estimate of drug-likeness (QED) is 0.116. The van der Waals surface area contributed by atoms with Crippen LogP contribution in [0.15, 0.2) is 53.5 Å². The minimum absolute atomic E-state index is 0.128. The van der Waals surface area contributed by atoms with Crippen LogP contribution in [0.2, 0.25) is 0 Å². The van der Waals surface area contributed by atoms with Gasteiger partial charge in [-0.05, 0) is 43.1 Å². The molecule has 2 saturated heterocycles. The Hall–Kier alpha value is -6.13. The maximum atomic E-state index is 13.5. The first-order valence-corrected chi connectivity index (χ1v) is 18.6. The van der Waals surface area contributed by atoms with Crippen LogP contribution in [0.1, 0.15) is 77.1 Å². The standard InChI is InChI=1S/C38H46N10O7/c1-20(2)30(44-37(51)52)34(49)47-14-6-8-27(47)32-39-16-24(41-32)22-10-12-23(13-11-22)29-19-46-18-26(43-36(46)55-29)25-17-40-33(42-25)28-9-7-15-48(28)35(50)31(21(3)4)45-38(53)54-5/h10-13,16-21,27-28,30-31,44H,6-9,14-15H2,1-5H3,(H,39,41)(H,40,42)(H,45,53)(H,51,52)/t27-,28?,30-,31-/m0/s1. The first-order chi connectivity index (χ1) is 26.4. The Morgan fingerprint density at radius 2 is 1.36 bits per heavy atom. The number of benzene rings is 1. The van der Waals surface area contributed by atoms with Gasteiger partial charge in [-0.15, -0.1) is 0 Å². The topological polar surface area (TPSA) is 216 Å². The highest BCUT2D eigenvalue weighted by atomic mass is 16.5. The van der Waals surface area contributed by atoms with Gasteiger partial charge in [0.1, 0.15) is 29.4 Å². The van der Waals surface area contributed by atoms with Crippen LogP contribution in [0.5, 0.6) is 0 Å². The second kappa shape index (κ2) is 15.3. The zero-order valence-corrected chi connectivity index (χ0v) is 31.4. The van der Waals surface area contributed by atoms with Gasteiger partial charge in [-0.25, -0.2) is 19.6 Å². The maximum Gasteiger partial charge on any atom is 0.407 e. The summed E-state index contributed by atoms with van der Waals surface area (Å²) in [4.78, 5) is 74.3. The van der Waals surface area contributed by atoms with Gasteiger partial charge in [-0.3, -0.25) is 14.0 Å². The SMILES string of the molecule is COC(=O)N[C@H](C(=O)N1CCCC1c1ncc(-c2cn3cc(-c4ccc(-c5cnc([C@@H]6CCCN6C(=O)[C@@H](NC(=O)O)C(C)C)[nH]5)cc4)oc3n2)[nH]1)C(C)C. The Labute approximate surface area is 316 Å². The second-order valence-corrected chi connectivity index (χ2v) is 14.8. The molecule has 0 bridgehead atoms. The first kappa shape index (κ1) is 37.2. The highest BCUT2D eigenvalue weighted by molar-refractivity contribution is 5.87. The number of nitrogens with one attached hydrogen (secondary N) is 4. The number of methoxy groups -OCH3 is 1. The Morgan fingerprint density at radius 1 is 0.818 bits per heavy atom. The summed E-state index contributed by atoms with van der Waals surface area (Å²) < 4.78 is 12.7. The molecule has 2 aliphatic rings. The molecule has 4 amide bonds. The molecule has 0 spiro atoms. The molecule has 0 radical (unpaired) electrons. The van der Waals surface area contributed by atoms with Crippen molar-refractivity contribution in [2.75, 3.05) is 20.2 Å². The summed E-state index contributed by atoms with van der Waals surface area (Å²) in [5, 5.41) is 14.3. The van der Waals surface area contributed by atoms with Gasteiger partial charge in [0.2, 0.25) is 11.8 Å². The van der Waals surface area contributed by atoms with Crippen molar-refractivity contribution in [1.82, 2.24) is 49.8 Å². The number of nitrogens with zero attached hydrogens (tertiary/aromatic N) is 6. The van der Waals surface area contributed by atoms with E-state index < -0.39 is 24.3 Å². The number of hydrogen-bond donors (Lipinski definition) is 5. The summed E-state index contributed by atoms with van der Waals surface area (Å²) in [5.41, 5.74) is 3.88. The molecule has 290 valence electrons. The number of carbonyl (C=O) groups is 4. The van der Waals surface area contributed by atoms with Crippen molar-refractivity contribution in [3.63, 3.8) is 0 Å². The number of hydrogen-bond acceptors (Lipinski definition) is 9. The summed E-state index contributed by atoms with van der Waals surface area (Å²) >= 11 is 0. The molecule has 5 aromatic rings. The molecular weight excluding hydrogens is 708 g/mol. The lowest BCUT2D eigenvalue weighted by atomic mass is 10.0. The maximum absolute atomic E-state index is 13.5. The number of imidazole rings is 3. The average Bonchev–Trinajstić information content (AvgIpc) is 4.00. The molecule has 4 aromatic heterocycles. The molecule has 5 N–H and O–H groups in total. The molecule has 17 heteroatoms. The fourth-order valence-corrected chi connectivity index (χ4v) is 7.49. The number of aromatic nitrogens is 6. The van der Waals surface area contributed by atoms with Crippen molar-refractivity contribution < 1.29 is 33.4 Å². The monoisotopic (exact) mass is 754 g/mol. The average molecular weight is 755 g/mol. The fourth-order valence-electron chi connectivity index (χ4n) is 7.49. The van der Waals surface area contributed by atoms with E-state index in [0.29, 0.717) is 47.7 Å². The number of oxazole rings is 1. The van der Waals surface area contributed by atoms with E-state index in [0.717, 1.165) is 42.5 Å². The van der Waals surface area contributed by atoms with Crippen LogP contribution >= 0.6 is 0 Å². The molecule has 1 aromatic carbocycles. The van der Waals surface area contributed by atoms with Crippen LogP contribution in [-0.4, -0.2) is 101 Å². The number of rotatable bonds is 11. The lowest BCUT2D eigenvalue weighted by Crippen LogP contribution is -2.51. The van der Waals surface area contributed by atoms with Crippen LogP contribution in [0.25, 0.3) is 39.8 Å². The van der Waals surface area contributed by atoms with Crippen LogP contribution in [0, 0.1) is 11.8 Å². The van der Waals surface area contributed by atoms with Crippen molar-refractivity contribution in [3.8, 4) is 34.0 Å². The number of carboxylic acid groups (broad SMARTS) is 1. The van der Waals surface area contributed by atoms with E-state index in [2.05, 4.69) is 35.6 Å². The zero-order valence-electron chi connectivity index (χ0n) is 31.4. The second-order valence-electron chi connectivity index (χ2n) is 14.8. The highest BCUT2D eigenvalue weighted by Crippen LogP contribution is 2.35. The molecule has 55 heavy (non-hydrogen) atoms. The number of likely N-dealkylation sites (tertiary alicyclic amines) is 2. The molecule has 0 saturated carbocycles. The molecule has 2 aliphatic heterocycles. The van der Waals surface area contributed by atoms with E-state index in [4.69, 9.17) is 9.15 Å². The Bertz CT molecular complexity index is 2150. The lowest BCUT2D eigenvalue weighted by Gasteiger charge is -2.29. The van der Waals surface area contributed by atoms with Gasteiger partial charge in [0.25, 0.3) is 0 Å². The highest BCUT2D eigenvalue weighted by Gasteiger charge is 2.39. The van der Waals surface area contributed by atoms with E-state index in [1.807, 2.05) is 68.8 Å². The number of fused-ring (bicyclic) bond motifs is 1. The van der Waals surface area contributed by atoms with Crippen molar-refractivity contribution in [1.29, 1.82) is 0 Å². The predicted octanol–water partition coefficient (Wildman–Crippen LogP) is 5.37. The van der Waals surface area contributed by atoms with Gasteiger partial charge in [-0.2, -0.15) is 4.98 Å². The van der Waals surface area contributed by atoms with E-state index >= 15 is 0 Å². The third-order valence-corrected chi connectivity index (χ3v) is 10.4. The molecule has 17 nitrogen and oxygen atoms in total. The van der Waals surface area contributed by atoms with E-state index in [1.54, 1.807) is 22.2 Å². The van der Waals surface area contributed by atoms with Gasteiger partial charge < -0.3 is 44.7 Å². The summed E-state index contributed by atoms with van der Waals surface area (Å²) in [7, 11) is 1.27. The summed E-state index contributed by atoms with van der Waals surface area (Å²) in [6.07, 6.45) is 8.38. The van der Waals surface area contributed by atoms with Gasteiger partial charge in [-0.1, -0.05) is 52.0 Å². The largest absolute Gasteiger partial charge is 0.465 e. The molecule has 1 unspecified atom stereocenters. The minimum Gasteiger partial charge on any atom is -0.465 e. The smallest absolute Gasteiger partial charge is 0.407 e. The van der Waals surface area contributed by atoms with E-state index in [9.17, 15) is 24.3 Å². The number of aromatic amines is 2. The molecule has 0 aliphatic carbocycles. The molecule has 4 atom stereocenters. The third-order valence-electron chi connectivity index (χ3n) is 10.4. The number of amides is 4. The van der Waals surface area contributed by atoms with Crippen molar-refractivity contribution >= 4 is 29.8 Å². The van der Waals surface area contributed by atoms with Crippen LogP contribution < -0.4 is 10.6 Å². The van der Waals surface area contributed by atoms with Crippen molar-refractivity contribution in [3.05, 3.63) is 60.7 Å². The van der Waals surface area contributed by atoms with Gasteiger partial charge >= 0.3 is 18.0 Å².